The topological polar surface area (TPSA) is 56.1 Å². The highest BCUT2D eigenvalue weighted by Crippen LogP contribution is 2.15. The molecule has 0 fully saturated rings. The van der Waals surface area contributed by atoms with Gasteiger partial charge in [-0.05, 0) is 30.3 Å². The number of anilines is 1. The van der Waals surface area contributed by atoms with Gasteiger partial charge in [-0.1, -0.05) is 18.2 Å². The third-order valence-corrected chi connectivity index (χ3v) is 3.28. The summed E-state index contributed by atoms with van der Waals surface area (Å²) in [7, 11) is 1.63. The van der Waals surface area contributed by atoms with Crippen LogP contribution in [0.5, 0.6) is 5.75 Å². The summed E-state index contributed by atoms with van der Waals surface area (Å²) in [6, 6.07) is 14.9. The zero-order valence-electron chi connectivity index (χ0n) is 11.6. The van der Waals surface area contributed by atoms with E-state index in [2.05, 4.69) is 10.4 Å². The molecule has 0 radical (unpaired) electrons. The number of fused-ring (bicyclic) bond motifs is 1. The molecule has 0 aliphatic heterocycles. The molecule has 3 rings (SSSR count). The normalized spacial score (nSPS) is 10.5. The van der Waals surface area contributed by atoms with Crippen molar-refractivity contribution in [1.82, 2.24) is 9.78 Å². The Labute approximate surface area is 121 Å². The molecule has 2 aromatic carbocycles. The molecule has 0 aliphatic rings. The average molecular weight is 281 g/mol. The molecular formula is C16H15N3O2. The largest absolute Gasteiger partial charge is 0.497 e. The van der Waals surface area contributed by atoms with Crippen LogP contribution in [-0.2, 0) is 6.67 Å². The maximum atomic E-state index is 12.3. The minimum atomic E-state index is -0.103. The predicted octanol–water partition coefficient (Wildman–Crippen LogP) is 2.47. The van der Waals surface area contributed by atoms with Gasteiger partial charge in [-0.15, -0.1) is 0 Å². The summed E-state index contributed by atoms with van der Waals surface area (Å²) in [5, 5.41) is 8.86. The molecule has 21 heavy (non-hydrogen) atoms. The zero-order chi connectivity index (χ0) is 14.7. The Morgan fingerprint density at radius 2 is 1.90 bits per heavy atom. The minimum Gasteiger partial charge on any atom is -0.497 e. The smallest absolute Gasteiger partial charge is 0.276 e. The number of nitrogens with zero attached hydrogens (tertiary/aromatic N) is 2. The van der Waals surface area contributed by atoms with Crippen molar-refractivity contribution in [2.75, 3.05) is 12.4 Å². The fraction of sp³-hybridized carbons (Fsp3) is 0.125. The summed E-state index contributed by atoms with van der Waals surface area (Å²) in [5.74, 6) is 0.793. The molecule has 0 bridgehead atoms. The summed E-state index contributed by atoms with van der Waals surface area (Å²) < 4.78 is 6.51. The highest BCUT2D eigenvalue weighted by Gasteiger charge is 2.03. The minimum absolute atomic E-state index is 0.103. The predicted molar refractivity (Wildman–Crippen MR) is 82.6 cm³/mol. The molecule has 5 nitrogen and oxygen atoms in total. The number of hydrogen-bond donors (Lipinski definition) is 1. The van der Waals surface area contributed by atoms with E-state index in [4.69, 9.17) is 4.74 Å². The molecule has 0 saturated carbocycles. The number of aromatic nitrogens is 2. The van der Waals surface area contributed by atoms with Gasteiger partial charge in [0.05, 0.1) is 18.7 Å². The lowest BCUT2D eigenvalue weighted by molar-refractivity contribution is 0.415. The van der Waals surface area contributed by atoms with Crippen molar-refractivity contribution < 1.29 is 4.74 Å². The maximum Gasteiger partial charge on any atom is 0.276 e. The van der Waals surface area contributed by atoms with Gasteiger partial charge in [-0.25, -0.2) is 4.68 Å². The van der Waals surface area contributed by atoms with Crippen LogP contribution in [0.15, 0.2) is 59.5 Å². The van der Waals surface area contributed by atoms with Crippen molar-refractivity contribution in [2.24, 2.45) is 0 Å². The molecule has 0 aliphatic carbocycles. The maximum absolute atomic E-state index is 12.3. The Hall–Kier alpha value is -2.82. The number of nitrogens with one attached hydrogen (secondary N) is 1. The number of rotatable bonds is 4. The van der Waals surface area contributed by atoms with Crippen molar-refractivity contribution in [3.8, 4) is 5.75 Å². The van der Waals surface area contributed by atoms with E-state index >= 15 is 0 Å². The van der Waals surface area contributed by atoms with Gasteiger partial charge in [-0.3, -0.25) is 4.79 Å². The van der Waals surface area contributed by atoms with E-state index in [0.29, 0.717) is 12.1 Å². The summed E-state index contributed by atoms with van der Waals surface area (Å²) >= 11 is 0. The quantitative estimate of drug-likeness (QED) is 0.798. The molecule has 0 spiro atoms. The van der Waals surface area contributed by atoms with E-state index < -0.39 is 0 Å². The Morgan fingerprint density at radius 1 is 1.14 bits per heavy atom. The summed E-state index contributed by atoms with van der Waals surface area (Å²) in [5.41, 5.74) is 0.798. The summed E-state index contributed by atoms with van der Waals surface area (Å²) in [6.07, 6.45) is 1.70. The first-order valence-corrected chi connectivity index (χ1v) is 6.61. The molecule has 0 saturated heterocycles. The van der Waals surface area contributed by atoms with Crippen molar-refractivity contribution in [3.63, 3.8) is 0 Å². The second-order valence-corrected chi connectivity index (χ2v) is 4.60. The Kier molecular flexibility index (Phi) is 3.55. The van der Waals surface area contributed by atoms with Gasteiger partial charge in [0.1, 0.15) is 12.4 Å². The van der Waals surface area contributed by atoms with Crippen molar-refractivity contribution in [2.45, 2.75) is 6.67 Å². The first-order valence-electron chi connectivity index (χ1n) is 6.61. The van der Waals surface area contributed by atoms with Crippen LogP contribution in [0.3, 0.4) is 0 Å². The lowest BCUT2D eigenvalue weighted by Crippen LogP contribution is -2.26. The SMILES string of the molecule is COc1ccc(NCn2ncc3ccccc3c2=O)cc1. The molecule has 3 aromatic rings. The molecule has 1 heterocycles. The third kappa shape index (κ3) is 2.72. The van der Waals surface area contributed by atoms with Gasteiger partial charge in [0.15, 0.2) is 0 Å². The van der Waals surface area contributed by atoms with Crippen molar-refractivity contribution >= 4 is 16.5 Å². The first-order chi connectivity index (χ1) is 10.3. The van der Waals surface area contributed by atoms with E-state index in [1.54, 1.807) is 13.3 Å². The van der Waals surface area contributed by atoms with Crippen LogP contribution < -0.4 is 15.6 Å². The van der Waals surface area contributed by atoms with Crippen LogP contribution in [0.2, 0.25) is 0 Å². The highest BCUT2D eigenvalue weighted by atomic mass is 16.5. The lowest BCUT2D eigenvalue weighted by Gasteiger charge is -2.09. The van der Waals surface area contributed by atoms with Gasteiger partial charge < -0.3 is 10.1 Å². The fourth-order valence-corrected chi connectivity index (χ4v) is 2.12. The number of ether oxygens (including phenoxy) is 1. The van der Waals surface area contributed by atoms with E-state index in [1.165, 1.54) is 4.68 Å². The third-order valence-electron chi connectivity index (χ3n) is 3.28. The van der Waals surface area contributed by atoms with Gasteiger partial charge in [0, 0.05) is 11.1 Å². The molecule has 106 valence electrons. The Balaban J connectivity index is 1.81. The van der Waals surface area contributed by atoms with Crippen LogP contribution in [0, 0.1) is 0 Å². The molecule has 1 aromatic heterocycles. The second-order valence-electron chi connectivity index (χ2n) is 4.60. The Morgan fingerprint density at radius 3 is 2.67 bits per heavy atom. The molecule has 5 heteroatoms. The lowest BCUT2D eigenvalue weighted by atomic mass is 10.2. The van der Waals surface area contributed by atoms with E-state index in [1.807, 2.05) is 48.5 Å². The summed E-state index contributed by atoms with van der Waals surface area (Å²) in [6.45, 7) is 0.315. The molecule has 1 N–H and O–H groups in total. The van der Waals surface area contributed by atoms with Gasteiger partial charge in [0.2, 0.25) is 0 Å². The number of benzene rings is 2. The van der Waals surface area contributed by atoms with Crippen molar-refractivity contribution in [1.29, 1.82) is 0 Å². The van der Waals surface area contributed by atoms with E-state index in [9.17, 15) is 4.79 Å². The van der Waals surface area contributed by atoms with E-state index in [-0.39, 0.29) is 5.56 Å². The second kappa shape index (κ2) is 5.66. The molecule has 0 amide bonds. The van der Waals surface area contributed by atoms with Gasteiger partial charge >= 0.3 is 0 Å². The highest BCUT2D eigenvalue weighted by molar-refractivity contribution is 5.80. The van der Waals surface area contributed by atoms with Crippen LogP contribution in [0.1, 0.15) is 0 Å². The molecule has 0 atom stereocenters. The van der Waals surface area contributed by atoms with Crippen LogP contribution >= 0.6 is 0 Å². The van der Waals surface area contributed by atoms with E-state index in [0.717, 1.165) is 16.8 Å². The Bertz CT molecular complexity index is 810. The monoisotopic (exact) mass is 281 g/mol. The van der Waals surface area contributed by atoms with Crippen LogP contribution in [0.25, 0.3) is 10.8 Å². The molecular weight excluding hydrogens is 266 g/mol. The average Bonchev–Trinajstić information content (AvgIpc) is 2.55. The summed E-state index contributed by atoms with van der Waals surface area (Å²) in [4.78, 5) is 12.3. The molecule has 0 unspecified atom stereocenters. The zero-order valence-corrected chi connectivity index (χ0v) is 11.6. The van der Waals surface area contributed by atoms with Crippen molar-refractivity contribution in [3.05, 3.63) is 65.1 Å². The number of methoxy groups -OCH3 is 1. The van der Waals surface area contributed by atoms with Gasteiger partial charge in [-0.2, -0.15) is 5.10 Å². The number of hydrogen-bond acceptors (Lipinski definition) is 4. The standard InChI is InChI=1S/C16H15N3O2/c1-21-14-8-6-13(7-9-14)17-11-19-16(20)15-5-3-2-4-12(15)10-18-19/h2-10,17H,11H2,1H3. The fourth-order valence-electron chi connectivity index (χ4n) is 2.12. The first kappa shape index (κ1) is 13.2. The van der Waals surface area contributed by atoms with Crippen LogP contribution in [-0.4, -0.2) is 16.9 Å². The van der Waals surface area contributed by atoms with Crippen LogP contribution in [0.4, 0.5) is 5.69 Å². The van der Waals surface area contributed by atoms with Gasteiger partial charge in [0.25, 0.3) is 5.56 Å².